The van der Waals surface area contributed by atoms with Crippen molar-refractivity contribution in [3.05, 3.63) is 95.6 Å². The Labute approximate surface area is 171 Å². The highest BCUT2D eigenvalue weighted by Gasteiger charge is 2.44. The fraction of sp³-hybridized carbons (Fsp3) is 0.200. The summed E-state index contributed by atoms with van der Waals surface area (Å²) >= 11 is 0. The Morgan fingerprint density at radius 1 is 1.03 bits per heavy atom. The maximum absolute atomic E-state index is 12.0. The molecule has 3 rings (SSSR count). The zero-order chi connectivity index (χ0) is 20.9. The first-order valence-corrected chi connectivity index (χ1v) is 9.52. The number of nitrogens with zero attached hydrogens (tertiary/aromatic N) is 1. The van der Waals surface area contributed by atoms with E-state index in [0.717, 1.165) is 22.6 Å². The van der Waals surface area contributed by atoms with Crippen molar-refractivity contribution in [1.29, 1.82) is 5.26 Å². The van der Waals surface area contributed by atoms with Crippen LogP contribution in [0.5, 0.6) is 11.5 Å². The summed E-state index contributed by atoms with van der Waals surface area (Å²) in [4.78, 5) is 12.0. The number of ether oxygens (including phenoxy) is 1. The van der Waals surface area contributed by atoms with Crippen molar-refractivity contribution < 1.29 is 14.6 Å². The van der Waals surface area contributed by atoms with Gasteiger partial charge in [-0.15, -0.1) is 0 Å². The van der Waals surface area contributed by atoms with Crippen molar-refractivity contribution in [2.75, 3.05) is 0 Å². The van der Waals surface area contributed by atoms with Gasteiger partial charge in [0.2, 0.25) is 0 Å². The second kappa shape index (κ2) is 8.62. The van der Waals surface area contributed by atoms with Crippen LogP contribution >= 0.6 is 0 Å². The fourth-order valence-electron chi connectivity index (χ4n) is 3.46. The van der Waals surface area contributed by atoms with Crippen molar-refractivity contribution in [2.45, 2.75) is 25.7 Å². The minimum Gasteiger partial charge on any atom is -0.480 e. The molecular weight excluding hydrogens is 362 g/mol. The van der Waals surface area contributed by atoms with Gasteiger partial charge in [0.15, 0.2) is 5.41 Å². The topological polar surface area (TPSA) is 70.3 Å². The number of hydrogen-bond donors (Lipinski definition) is 1. The first kappa shape index (κ1) is 20.2. The first-order valence-electron chi connectivity index (χ1n) is 9.52. The van der Waals surface area contributed by atoms with Crippen LogP contribution in [0.15, 0.2) is 78.9 Å². The predicted molar refractivity (Wildman–Crippen MR) is 112 cm³/mol. The third-order valence-corrected chi connectivity index (χ3v) is 5.10. The lowest BCUT2D eigenvalue weighted by molar-refractivity contribution is -0.143. The Morgan fingerprint density at radius 3 is 2.38 bits per heavy atom. The third kappa shape index (κ3) is 4.14. The highest BCUT2D eigenvalue weighted by molar-refractivity contribution is 5.85. The van der Waals surface area contributed by atoms with E-state index in [-0.39, 0.29) is 5.92 Å². The van der Waals surface area contributed by atoms with E-state index >= 15 is 0 Å². The number of aliphatic carboxylic acids is 1. The van der Waals surface area contributed by atoms with Gasteiger partial charge in [0.05, 0.1) is 6.07 Å². The predicted octanol–water partition coefficient (Wildman–Crippen LogP) is 5.57. The van der Waals surface area contributed by atoms with Gasteiger partial charge in [-0.25, -0.2) is 0 Å². The van der Waals surface area contributed by atoms with E-state index in [0.29, 0.717) is 12.0 Å². The van der Waals surface area contributed by atoms with Crippen LogP contribution in [0.3, 0.4) is 0 Å². The summed E-state index contributed by atoms with van der Waals surface area (Å²) in [6, 6.07) is 26.6. The highest BCUT2D eigenvalue weighted by atomic mass is 16.5. The molecule has 0 radical (unpaired) electrons. The molecule has 0 bridgehead atoms. The van der Waals surface area contributed by atoms with Crippen molar-refractivity contribution >= 4 is 5.97 Å². The molecule has 3 aromatic rings. The summed E-state index contributed by atoms with van der Waals surface area (Å²) in [6.07, 6.45) is 0.566. The second-order valence-electron chi connectivity index (χ2n) is 7.28. The van der Waals surface area contributed by atoms with Gasteiger partial charge in [-0.2, -0.15) is 5.26 Å². The quantitative estimate of drug-likeness (QED) is 0.577. The van der Waals surface area contributed by atoms with Crippen LogP contribution in [0.2, 0.25) is 0 Å². The molecule has 0 amide bonds. The smallest absolute Gasteiger partial charge is 0.328 e. The molecule has 0 saturated heterocycles. The Hall–Kier alpha value is -3.58. The number of carboxylic acid groups (broad SMARTS) is 1. The minimum atomic E-state index is -1.57. The highest BCUT2D eigenvalue weighted by Crippen LogP contribution is 2.34. The lowest BCUT2D eigenvalue weighted by Gasteiger charge is -2.27. The van der Waals surface area contributed by atoms with Gasteiger partial charge in [-0.05, 0) is 40.8 Å². The van der Waals surface area contributed by atoms with Crippen LogP contribution in [-0.4, -0.2) is 11.1 Å². The van der Waals surface area contributed by atoms with Crippen LogP contribution in [0.4, 0.5) is 0 Å². The van der Waals surface area contributed by atoms with Crippen LogP contribution in [-0.2, 0) is 16.6 Å². The Balaban J connectivity index is 1.94. The molecule has 0 saturated carbocycles. The van der Waals surface area contributed by atoms with E-state index in [2.05, 4.69) is 0 Å². The maximum Gasteiger partial charge on any atom is 0.328 e. The number of benzene rings is 3. The van der Waals surface area contributed by atoms with Gasteiger partial charge in [-0.1, -0.05) is 74.5 Å². The largest absolute Gasteiger partial charge is 0.480 e. The molecule has 4 nitrogen and oxygen atoms in total. The molecule has 1 atom stereocenters. The first-order chi connectivity index (χ1) is 14.0. The zero-order valence-electron chi connectivity index (χ0n) is 16.5. The fourth-order valence-corrected chi connectivity index (χ4v) is 3.46. The van der Waals surface area contributed by atoms with Crippen LogP contribution in [0.25, 0.3) is 0 Å². The standard InChI is InChI=1S/C25H23NO3/c1-18(2)25(17-26,24(27)28)21-11-8-9-19(16-21)15-20-10-6-7-14-23(20)29-22-12-4-3-5-13-22/h3-14,16,18H,15H2,1-2H3,(H,27,28). The van der Waals surface area contributed by atoms with Gasteiger partial charge in [0.25, 0.3) is 0 Å². The third-order valence-electron chi connectivity index (χ3n) is 5.10. The minimum absolute atomic E-state index is 0.367. The molecular formula is C25H23NO3. The van der Waals surface area contributed by atoms with E-state index in [1.165, 1.54) is 0 Å². The summed E-state index contributed by atoms with van der Waals surface area (Å²) in [5.41, 5.74) is 0.835. The molecule has 0 heterocycles. The van der Waals surface area contributed by atoms with Crippen molar-refractivity contribution in [3.63, 3.8) is 0 Å². The van der Waals surface area contributed by atoms with Crippen LogP contribution in [0.1, 0.15) is 30.5 Å². The van der Waals surface area contributed by atoms with E-state index in [9.17, 15) is 15.2 Å². The summed E-state index contributed by atoms with van der Waals surface area (Å²) in [7, 11) is 0. The van der Waals surface area contributed by atoms with E-state index in [4.69, 9.17) is 4.74 Å². The van der Waals surface area contributed by atoms with Gasteiger partial charge >= 0.3 is 5.97 Å². The number of carbonyl (C=O) groups is 1. The monoisotopic (exact) mass is 385 g/mol. The SMILES string of the molecule is CC(C)C(C#N)(C(=O)O)c1cccc(Cc2ccccc2Oc2ccccc2)c1. The lowest BCUT2D eigenvalue weighted by Crippen LogP contribution is -2.39. The lowest BCUT2D eigenvalue weighted by atomic mass is 9.72. The van der Waals surface area contributed by atoms with E-state index < -0.39 is 11.4 Å². The molecule has 0 fully saturated rings. The second-order valence-corrected chi connectivity index (χ2v) is 7.28. The van der Waals surface area contributed by atoms with E-state index in [1.54, 1.807) is 19.9 Å². The van der Waals surface area contributed by atoms with Gasteiger partial charge < -0.3 is 9.84 Å². The van der Waals surface area contributed by atoms with Gasteiger partial charge in [-0.3, -0.25) is 4.79 Å². The van der Waals surface area contributed by atoms with Gasteiger partial charge in [0, 0.05) is 6.42 Å². The molecule has 3 aromatic carbocycles. The molecule has 0 aliphatic rings. The van der Waals surface area contributed by atoms with Crippen molar-refractivity contribution in [1.82, 2.24) is 0 Å². The summed E-state index contributed by atoms with van der Waals surface area (Å²) in [5.74, 6) is 0.00883. The van der Waals surface area contributed by atoms with Crippen molar-refractivity contribution in [2.24, 2.45) is 5.92 Å². The molecule has 29 heavy (non-hydrogen) atoms. The number of nitriles is 1. The normalized spacial score (nSPS) is 12.8. The molecule has 4 heteroatoms. The molecule has 0 spiro atoms. The zero-order valence-corrected chi connectivity index (χ0v) is 16.5. The summed E-state index contributed by atoms with van der Waals surface area (Å²) in [6.45, 7) is 3.51. The summed E-state index contributed by atoms with van der Waals surface area (Å²) in [5, 5.41) is 19.5. The van der Waals surface area contributed by atoms with Crippen LogP contribution in [0, 0.1) is 17.2 Å². The number of para-hydroxylation sites is 2. The van der Waals surface area contributed by atoms with Gasteiger partial charge in [0.1, 0.15) is 11.5 Å². The average molecular weight is 385 g/mol. The molecule has 146 valence electrons. The Morgan fingerprint density at radius 2 is 1.72 bits per heavy atom. The maximum atomic E-state index is 12.0. The average Bonchev–Trinajstić information content (AvgIpc) is 2.71. The van der Waals surface area contributed by atoms with Crippen LogP contribution < -0.4 is 4.74 Å². The molecule has 0 aliphatic carbocycles. The van der Waals surface area contributed by atoms with Crippen molar-refractivity contribution in [3.8, 4) is 17.6 Å². The Kier molecular flexibility index (Phi) is 5.99. The molecule has 0 aromatic heterocycles. The molecule has 1 unspecified atom stereocenters. The van der Waals surface area contributed by atoms with E-state index in [1.807, 2.05) is 78.9 Å². The Bertz CT molecular complexity index is 1040. The number of rotatable bonds is 7. The molecule has 1 N–H and O–H groups in total. The summed E-state index contributed by atoms with van der Waals surface area (Å²) < 4.78 is 6.03. The molecule has 0 aliphatic heterocycles. The number of carboxylic acids is 1. The number of hydrogen-bond acceptors (Lipinski definition) is 3.